The first-order valence-electron chi connectivity index (χ1n) is 8.41. The van der Waals surface area contributed by atoms with E-state index in [-0.39, 0.29) is 11.8 Å². The molecule has 128 valence electrons. The molecule has 1 saturated heterocycles. The monoisotopic (exact) mass is 330 g/mol. The van der Waals surface area contributed by atoms with Crippen LogP contribution in [-0.2, 0) is 9.59 Å². The van der Waals surface area contributed by atoms with Crippen LogP contribution in [0.2, 0.25) is 0 Å². The number of anilines is 1. The lowest BCUT2D eigenvalue weighted by molar-refractivity contribution is -0.151. The number of aliphatic carboxylic acids is 1. The van der Waals surface area contributed by atoms with E-state index in [1.807, 2.05) is 11.8 Å². The summed E-state index contributed by atoms with van der Waals surface area (Å²) in [4.78, 5) is 37.8. The molecule has 24 heavy (non-hydrogen) atoms. The third kappa shape index (κ3) is 3.00. The van der Waals surface area contributed by atoms with Crippen LogP contribution in [0.1, 0.15) is 41.6 Å². The van der Waals surface area contributed by atoms with Crippen molar-refractivity contribution in [2.45, 2.75) is 32.6 Å². The fourth-order valence-corrected chi connectivity index (χ4v) is 3.43. The molecular formula is C18H22N2O4. The van der Waals surface area contributed by atoms with Crippen molar-refractivity contribution in [1.29, 1.82) is 0 Å². The van der Waals surface area contributed by atoms with Gasteiger partial charge in [-0.1, -0.05) is 6.07 Å². The first-order valence-corrected chi connectivity index (χ1v) is 8.41. The molecule has 0 bridgehead atoms. The molecule has 1 aliphatic carbocycles. The number of carboxylic acids is 1. The van der Waals surface area contributed by atoms with Gasteiger partial charge in [0.05, 0.1) is 11.8 Å². The maximum absolute atomic E-state index is 12.6. The molecule has 0 aromatic heterocycles. The molecule has 1 aliphatic heterocycles. The molecule has 2 amide bonds. The molecule has 2 atom stereocenters. The number of amides is 2. The lowest BCUT2D eigenvalue weighted by Crippen LogP contribution is -2.41. The molecule has 2 fully saturated rings. The molecule has 3 rings (SSSR count). The molecule has 6 nitrogen and oxygen atoms in total. The van der Waals surface area contributed by atoms with E-state index in [0.717, 1.165) is 31.5 Å². The lowest BCUT2D eigenvalue weighted by Gasteiger charge is -2.32. The molecule has 2 aliphatic rings. The van der Waals surface area contributed by atoms with Crippen LogP contribution in [-0.4, -0.2) is 40.9 Å². The van der Waals surface area contributed by atoms with Crippen molar-refractivity contribution in [2.75, 3.05) is 18.4 Å². The zero-order valence-corrected chi connectivity index (χ0v) is 13.7. The Morgan fingerprint density at radius 1 is 1.12 bits per heavy atom. The highest BCUT2D eigenvalue weighted by molar-refractivity contribution is 6.00. The third-order valence-corrected chi connectivity index (χ3v) is 5.14. The number of nitrogens with one attached hydrogen (secondary N) is 1. The van der Waals surface area contributed by atoms with Crippen LogP contribution >= 0.6 is 0 Å². The van der Waals surface area contributed by atoms with E-state index in [2.05, 4.69) is 5.32 Å². The summed E-state index contributed by atoms with van der Waals surface area (Å²) in [6.07, 6.45) is 3.19. The lowest BCUT2D eigenvalue weighted by atomic mass is 9.73. The molecule has 1 saturated carbocycles. The summed E-state index contributed by atoms with van der Waals surface area (Å²) in [7, 11) is 0. The number of carbonyl (C=O) groups excluding carboxylic acids is 2. The molecule has 1 heterocycles. The number of nitrogens with zero attached hydrogens (tertiary/aromatic N) is 1. The molecule has 1 aromatic carbocycles. The standard InChI is InChI=1S/C18H22N2O4/c1-11-12(17(22)20-9-2-3-10-20)5-4-6-15(11)19-16(21)13-7-8-14(13)18(23)24/h4-6,13-14H,2-3,7-10H2,1H3,(H,19,21)(H,23,24). The summed E-state index contributed by atoms with van der Waals surface area (Å²) in [5, 5.41) is 11.9. The summed E-state index contributed by atoms with van der Waals surface area (Å²) in [6, 6.07) is 5.28. The van der Waals surface area contributed by atoms with E-state index in [0.29, 0.717) is 24.1 Å². The number of carbonyl (C=O) groups is 3. The largest absolute Gasteiger partial charge is 0.481 e. The first kappa shape index (κ1) is 16.5. The summed E-state index contributed by atoms with van der Waals surface area (Å²) in [5.41, 5.74) is 1.91. The van der Waals surface area contributed by atoms with Crippen LogP contribution < -0.4 is 5.32 Å². The van der Waals surface area contributed by atoms with E-state index >= 15 is 0 Å². The maximum atomic E-state index is 12.6. The Labute approximate surface area is 140 Å². The highest BCUT2D eigenvalue weighted by Crippen LogP contribution is 2.35. The molecular weight excluding hydrogens is 308 g/mol. The van der Waals surface area contributed by atoms with Gasteiger partial charge in [-0.3, -0.25) is 14.4 Å². The van der Waals surface area contributed by atoms with Crippen molar-refractivity contribution in [3.63, 3.8) is 0 Å². The van der Waals surface area contributed by atoms with E-state index in [1.165, 1.54) is 0 Å². The van der Waals surface area contributed by atoms with E-state index in [9.17, 15) is 14.4 Å². The van der Waals surface area contributed by atoms with Crippen molar-refractivity contribution >= 4 is 23.5 Å². The second-order valence-electron chi connectivity index (χ2n) is 6.60. The van der Waals surface area contributed by atoms with Gasteiger partial charge in [0.15, 0.2) is 0 Å². The minimum absolute atomic E-state index is 0.00634. The van der Waals surface area contributed by atoms with Crippen LogP contribution in [0.3, 0.4) is 0 Å². The Morgan fingerprint density at radius 3 is 2.38 bits per heavy atom. The molecule has 6 heteroatoms. The number of benzene rings is 1. The number of likely N-dealkylation sites (tertiary alicyclic amines) is 1. The second-order valence-corrected chi connectivity index (χ2v) is 6.60. The van der Waals surface area contributed by atoms with Gasteiger partial charge in [0.1, 0.15) is 0 Å². The average molecular weight is 330 g/mol. The summed E-state index contributed by atoms with van der Waals surface area (Å²) >= 11 is 0. The van der Waals surface area contributed by atoms with Crippen molar-refractivity contribution in [1.82, 2.24) is 4.90 Å². The van der Waals surface area contributed by atoms with Gasteiger partial charge in [0, 0.05) is 24.3 Å². The highest BCUT2D eigenvalue weighted by atomic mass is 16.4. The van der Waals surface area contributed by atoms with Crippen LogP contribution in [0.5, 0.6) is 0 Å². The van der Waals surface area contributed by atoms with Gasteiger partial charge in [-0.25, -0.2) is 0 Å². The van der Waals surface area contributed by atoms with Gasteiger partial charge in [-0.15, -0.1) is 0 Å². The quantitative estimate of drug-likeness (QED) is 0.887. The normalized spacial score (nSPS) is 22.8. The molecule has 2 N–H and O–H groups in total. The van der Waals surface area contributed by atoms with Crippen LogP contribution in [0.15, 0.2) is 18.2 Å². The van der Waals surface area contributed by atoms with Crippen LogP contribution in [0.4, 0.5) is 5.69 Å². The summed E-state index contributed by atoms with van der Waals surface area (Å²) in [6.45, 7) is 3.36. The number of hydrogen-bond donors (Lipinski definition) is 2. The van der Waals surface area contributed by atoms with Crippen LogP contribution in [0, 0.1) is 18.8 Å². The van der Waals surface area contributed by atoms with Gasteiger partial charge < -0.3 is 15.3 Å². The van der Waals surface area contributed by atoms with Gasteiger partial charge >= 0.3 is 5.97 Å². The number of rotatable bonds is 4. The van der Waals surface area contributed by atoms with Gasteiger partial charge in [0.25, 0.3) is 5.91 Å². The minimum Gasteiger partial charge on any atom is -0.481 e. The smallest absolute Gasteiger partial charge is 0.307 e. The Hall–Kier alpha value is -2.37. The Bertz CT molecular complexity index is 680. The van der Waals surface area contributed by atoms with Crippen molar-refractivity contribution < 1.29 is 19.5 Å². The number of carboxylic acid groups (broad SMARTS) is 1. The van der Waals surface area contributed by atoms with E-state index < -0.39 is 17.8 Å². The maximum Gasteiger partial charge on any atom is 0.307 e. The molecule has 1 aromatic rings. The summed E-state index contributed by atoms with van der Waals surface area (Å²) in [5.74, 6) is -2.29. The van der Waals surface area contributed by atoms with E-state index in [1.54, 1.807) is 18.2 Å². The van der Waals surface area contributed by atoms with Gasteiger partial charge in [-0.2, -0.15) is 0 Å². The SMILES string of the molecule is Cc1c(NC(=O)C2CCC2C(=O)O)cccc1C(=O)N1CCCC1. The Kier molecular flexibility index (Phi) is 4.55. The fourth-order valence-electron chi connectivity index (χ4n) is 3.43. The number of hydrogen-bond acceptors (Lipinski definition) is 3. The van der Waals surface area contributed by atoms with Gasteiger partial charge in [-0.05, 0) is 50.3 Å². The molecule has 0 radical (unpaired) electrons. The first-order chi connectivity index (χ1) is 11.5. The minimum atomic E-state index is -0.920. The highest BCUT2D eigenvalue weighted by Gasteiger charge is 2.41. The van der Waals surface area contributed by atoms with E-state index in [4.69, 9.17) is 5.11 Å². The second kappa shape index (κ2) is 6.63. The zero-order chi connectivity index (χ0) is 17.3. The van der Waals surface area contributed by atoms with Crippen molar-refractivity contribution in [3.05, 3.63) is 29.3 Å². The molecule has 2 unspecified atom stereocenters. The average Bonchev–Trinajstić information content (AvgIpc) is 3.01. The van der Waals surface area contributed by atoms with Crippen molar-refractivity contribution in [3.8, 4) is 0 Å². The van der Waals surface area contributed by atoms with Crippen molar-refractivity contribution in [2.24, 2.45) is 11.8 Å². The zero-order valence-electron chi connectivity index (χ0n) is 13.7. The molecule has 0 spiro atoms. The Morgan fingerprint density at radius 2 is 1.79 bits per heavy atom. The predicted octanol–water partition coefficient (Wildman–Crippen LogP) is 2.28. The Balaban J connectivity index is 1.74. The summed E-state index contributed by atoms with van der Waals surface area (Å²) < 4.78 is 0. The third-order valence-electron chi connectivity index (χ3n) is 5.14. The topological polar surface area (TPSA) is 86.7 Å². The predicted molar refractivity (Wildman–Crippen MR) is 88.8 cm³/mol. The van der Waals surface area contributed by atoms with Gasteiger partial charge in [0.2, 0.25) is 5.91 Å². The van der Waals surface area contributed by atoms with Crippen LogP contribution in [0.25, 0.3) is 0 Å². The fraction of sp³-hybridized carbons (Fsp3) is 0.500.